The van der Waals surface area contributed by atoms with Gasteiger partial charge in [-0.15, -0.1) is 0 Å². The van der Waals surface area contributed by atoms with Gasteiger partial charge in [0, 0.05) is 45.2 Å². The van der Waals surface area contributed by atoms with E-state index in [-0.39, 0.29) is 16.2 Å². The van der Waals surface area contributed by atoms with Gasteiger partial charge in [-0.3, -0.25) is 9.52 Å². The number of aromatic amines is 1. The van der Waals surface area contributed by atoms with Crippen molar-refractivity contribution in [2.24, 2.45) is 0 Å². The van der Waals surface area contributed by atoms with Gasteiger partial charge in [0.25, 0.3) is 15.9 Å². The lowest BCUT2D eigenvalue weighted by atomic mass is 10.0. The number of aromatic nitrogens is 1. The van der Waals surface area contributed by atoms with Crippen molar-refractivity contribution in [3.63, 3.8) is 0 Å². The SMILES string of the molecule is COc1ccc2[nH]cc(C=C3C(=O)Nc4ccc(S(=O)(=O)Nc5ccc(C(F)(F)F)cc5)cc43)c2c1. The maximum atomic E-state index is 13.0. The number of H-pyrrole nitrogens is 1. The minimum absolute atomic E-state index is 0.0267. The van der Waals surface area contributed by atoms with E-state index in [0.717, 1.165) is 35.2 Å². The number of hydrogen-bond acceptors (Lipinski definition) is 4. The molecule has 0 spiro atoms. The van der Waals surface area contributed by atoms with Gasteiger partial charge >= 0.3 is 6.18 Å². The molecule has 0 unspecified atom stereocenters. The second-order valence-corrected chi connectivity index (χ2v) is 9.74. The molecule has 0 aliphatic carbocycles. The molecule has 5 rings (SSSR count). The Morgan fingerprint density at radius 3 is 2.44 bits per heavy atom. The largest absolute Gasteiger partial charge is 0.497 e. The van der Waals surface area contributed by atoms with Crippen molar-refractivity contribution in [1.82, 2.24) is 4.98 Å². The van der Waals surface area contributed by atoms with Crippen molar-refractivity contribution in [1.29, 1.82) is 0 Å². The predicted octanol–water partition coefficient (Wildman–Crippen LogP) is 5.49. The Bertz CT molecular complexity index is 1640. The zero-order valence-electron chi connectivity index (χ0n) is 18.6. The molecule has 184 valence electrons. The summed E-state index contributed by atoms with van der Waals surface area (Å²) in [4.78, 5) is 15.7. The number of alkyl halides is 3. The van der Waals surface area contributed by atoms with Gasteiger partial charge in [-0.1, -0.05) is 0 Å². The molecule has 0 radical (unpaired) electrons. The number of ether oxygens (including phenoxy) is 1. The molecule has 1 aromatic heterocycles. The van der Waals surface area contributed by atoms with Gasteiger partial charge < -0.3 is 15.0 Å². The fraction of sp³-hybridized carbons (Fsp3) is 0.0800. The van der Waals surface area contributed by atoms with Crippen LogP contribution in [-0.2, 0) is 21.0 Å². The van der Waals surface area contributed by atoms with Crippen LogP contribution in [-0.4, -0.2) is 26.4 Å². The van der Waals surface area contributed by atoms with Crippen LogP contribution in [0.25, 0.3) is 22.6 Å². The van der Waals surface area contributed by atoms with E-state index >= 15 is 0 Å². The first-order valence-corrected chi connectivity index (χ1v) is 12.1. The number of methoxy groups -OCH3 is 1. The molecule has 1 amide bonds. The molecule has 1 aliphatic heterocycles. The standard InChI is InChI=1S/C25H18F3N3O4S/c1-35-17-6-8-22-19(11-17)14(13-29-22)10-21-20-12-18(7-9-23(20)30-24(21)32)36(33,34)31-16-4-2-15(3-5-16)25(26,27)28/h2-13,29,31H,1H3,(H,30,32). The molecular weight excluding hydrogens is 495 g/mol. The number of anilines is 2. The summed E-state index contributed by atoms with van der Waals surface area (Å²) in [6.45, 7) is 0. The maximum absolute atomic E-state index is 13.0. The molecule has 0 saturated carbocycles. The van der Waals surface area contributed by atoms with Crippen molar-refractivity contribution in [2.75, 3.05) is 17.1 Å². The van der Waals surface area contributed by atoms with Crippen molar-refractivity contribution >= 4 is 49.9 Å². The third kappa shape index (κ3) is 4.29. The molecule has 4 aromatic rings. The van der Waals surface area contributed by atoms with Gasteiger partial charge in [-0.25, -0.2) is 8.42 Å². The Morgan fingerprint density at radius 1 is 1.00 bits per heavy atom. The number of sulfonamides is 1. The van der Waals surface area contributed by atoms with E-state index in [4.69, 9.17) is 4.74 Å². The molecule has 0 bridgehead atoms. The average Bonchev–Trinajstić information content (AvgIpc) is 3.38. The average molecular weight is 513 g/mol. The highest BCUT2D eigenvalue weighted by atomic mass is 32.2. The monoisotopic (exact) mass is 513 g/mol. The molecule has 3 aromatic carbocycles. The first-order valence-electron chi connectivity index (χ1n) is 10.6. The summed E-state index contributed by atoms with van der Waals surface area (Å²) in [5.41, 5.74) is 1.71. The van der Waals surface area contributed by atoms with Crippen LogP contribution < -0.4 is 14.8 Å². The number of halogens is 3. The second-order valence-electron chi connectivity index (χ2n) is 8.06. The Labute approximate surface area is 203 Å². The Hall–Kier alpha value is -4.25. The van der Waals surface area contributed by atoms with Crippen LogP contribution >= 0.6 is 0 Å². The summed E-state index contributed by atoms with van der Waals surface area (Å²) in [5, 5.41) is 3.53. The Kier molecular flexibility index (Phi) is 5.51. The second kappa shape index (κ2) is 8.45. The molecule has 36 heavy (non-hydrogen) atoms. The van der Waals surface area contributed by atoms with Gasteiger partial charge in [0.15, 0.2) is 0 Å². The minimum Gasteiger partial charge on any atom is -0.497 e. The van der Waals surface area contributed by atoms with Gasteiger partial charge in [-0.2, -0.15) is 13.2 Å². The van der Waals surface area contributed by atoms with Crippen molar-refractivity contribution in [3.05, 3.63) is 83.6 Å². The number of fused-ring (bicyclic) bond motifs is 2. The molecule has 2 heterocycles. The number of benzene rings is 3. The Morgan fingerprint density at radius 2 is 1.75 bits per heavy atom. The smallest absolute Gasteiger partial charge is 0.416 e. The third-order valence-corrected chi connectivity index (χ3v) is 7.15. The lowest BCUT2D eigenvalue weighted by Crippen LogP contribution is -2.13. The van der Waals surface area contributed by atoms with E-state index in [9.17, 15) is 26.4 Å². The predicted molar refractivity (Wildman–Crippen MR) is 130 cm³/mol. The lowest BCUT2D eigenvalue weighted by molar-refractivity contribution is -0.137. The molecule has 7 nitrogen and oxygen atoms in total. The number of nitrogens with one attached hydrogen (secondary N) is 3. The quantitative estimate of drug-likeness (QED) is 0.307. The zero-order valence-corrected chi connectivity index (χ0v) is 19.4. The normalized spacial score (nSPS) is 14.7. The van der Waals surface area contributed by atoms with Crippen molar-refractivity contribution in [3.8, 4) is 5.75 Å². The van der Waals surface area contributed by atoms with Crippen molar-refractivity contribution < 1.29 is 31.1 Å². The first kappa shape index (κ1) is 23.5. The third-order valence-electron chi connectivity index (χ3n) is 5.77. The zero-order chi connectivity index (χ0) is 25.7. The van der Waals surface area contributed by atoms with E-state index in [1.54, 1.807) is 25.4 Å². The van der Waals surface area contributed by atoms with Crippen LogP contribution in [0.4, 0.5) is 24.5 Å². The lowest BCUT2D eigenvalue weighted by Gasteiger charge is -2.11. The number of carbonyl (C=O) groups is 1. The van der Waals surface area contributed by atoms with Crippen LogP contribution in [0, 0.1) is 0 Å². The fourth-order valence-electron chi connectivity index (χ4n) is 3.94. The van der Waals surface area contributed by atoms with E-state index in [1.165, 1.54) is 18.2 Å². The fourth-order valence-corrected chi connectivity index (χ4v) is 5.03. The van der Waals surface area contributed by atoms with E-state index in [1.807, 2.05) is 12.1 Å². The number of rotatable bonds is 5. The van der Waals surface area contributed by atoms with Crippen LogP contribution in [0.15, 0.2) is 71.8 Å². The maximum Gasteiger partial charge on any atom is 0.416 e. The summed E-state index contributed by atoms with van der Waals surface area (Å²) in [6, 6.07) is 13.2. The highest BCUT2D eigenvalue weighted by Crippen LogP contribution is 2.37. The first-order chi connectivity index (χ1) is 17.0. The molecular formula is C25H18F3N3O4S. The summed E-state index contributed by atoms with van der Waals surface area (Å²) in [5.74, 6) is 0.244. The van der Waals surface area contributed by atoms with Gasteiger partial charge in [0.05, 0.1) is 17.6 Å². The molecule has 3 N–H and O–H groups in total. The molecule has 0 fully saturated rings. The highest BCUT2D eigenvalue weighted by molar-refractivity contribution is 7.92. The number of hydrogen-bond donors (Lipinski definition) is 3. The molecule has 1 aliphatic rings. The van der Waals surface area contributed by atoms with Gasteiger partial charge in [-0.05, 0) is 66.7 Å². The van der Waals surface area contributed by atoms with E-state index in [0.29, 0.717) is 22.6 Å². The Balaban J connectivity index is 1.49. The number of amides is 1. The summed E-state index contributed by atoms with van der Waals surface area (Å²) in [7, 11) is -2.60. The van der Waals surface area contributed by atoms with E-state index in [2.05, 4.69) is 15.0 Å². The van der Waals surface area contributed by atoms with Crippen LogP contribution in [0.1, 0.15) is 16.7 Å². The number of carbonyl (C=O) groups excluding carboxylic acids is 1. The highest BCUT2D eigenvalue weighted by Gasteiger charge is 2.30. The molecule has 0 saturated heterocycles. The summed E-state index contributed by atoms with van der Waals surface area (Å²) in [6.07, 6.45) is -1.15. The van der Waals surface area contributed by atoms with Crippen LogP contribution in [0.3, 0.4) is 0 Å². The van der Waals surface area contributed by atoms with Crippen LogP contribution in [0.5, 0.6) is 5.75 Å². The van der Waals surface area contributed by atoms with Gasteiger partial charge in [0.2, 0.25) is 0 Å². The topological polar surface area (TPSA) is 100 Å². The summed E-state index contributed by atoms with van der Waals surface area (Å²) < 4.78 is 71.8. The van der Waals surface area contributed by atoms with E-state index < -0.39 is 27.7 Å². The molecule has 11 heteroatoms. The van der Waals surface area contributed by atoms with Gasteiger partial charge in [0.1, 0.15) is 5.75 Å². The molecule has 0 atom stereocenters. The minimum atomic E-state index is -4.53. The van der Waals surface area contributed by atoms with Crippen LogP contribution in [0.2, 0.25) is 0 Å². The van der Waals surface area contributed by atoms with Crippen molar-refractivity contribution in [2.45, 2.75) is 11.1 Å². The summed E-state index contributed by atoms with van der Waals surface area (Å²) >= 11 is 0.